The van der Waals surface area contributed by atoms with Gasteiger partial charge in [0.1, 0.15) is 11.3 Å². The van der Waals surface area contributed by atoms with Crippen LogP contribution in [0.4, 0.5) is 9.57 Å². The lowest BCUT2D eigenvalue weighted by molar-refractivity contribution is -0.117. The maximum Gasteiger partial charge on any atom is 0.307 e. The highest BCUT2D eigenvalue weighted by atomic mass is 32.3. The van der Waals surface area contributed by atoms with Gasteiger partial charge in [-0.3, -0.25) is 4.79 Å². The molecule has 0 spiro atoms. The lowest BCUT2D eigenvalue weighted by Crippen LogP contribution is -2.27. The lowest BCUT2D eigenvalue weighted by atomic mass is 10.1. The fraction of sp³-hybridized carbons (Fsp3) is 0.333. The van der Waals surface area contributed by atoms with E-state index in [2.05, 4.69) is 0 Å². The number of carbonyl (C=O) groups excluding carboxylic acids is 1. The van der Waals surface area contributed by atoms with Crippen molar-refractivity contribution in [2.24, 2.45) is 0 Å². The van der Waals surface area contributed by atoms with Gasteiger partial charge in [-0.15, -0.1) is 3.89 Å². The van der Waals surface area contributed by atoms with Crippen LogP contribution in [0.5, 0.6) is 0 Å². The number of carbonyl (C=O) groups is 1. The molecule has 1 atom stereocenters. The van der Waals surface area contributed by atoms with Crippen LogP contribution in [-0.4, -0.2) is 26.1 Å². The Morgan fingerprint density at radius 3 is 2.68 bits per heavy atom. The van der Waals surface area contributed by atoms with E-state index in [-0.39, 0.29) is 12.1 Å². The Balaban J connectivity index is 2.42. The Morgan fingerprint density at radius 1 is 1.47 bits per heavy atom. The van der Waals surface area contributed by atoms with Crippen molar-refractivity contribution in [2.75, 3.05) is 11.4 Å². The average Bonchev–Trinajstić information content (AvgIpc) is 2.71. The van der Waals surface area contributed by atoms with Gasteiger partial charge in [0.15, 0.2) is 0 Å². The summed E-state index contributed by atoms with van der Waals surface area (Å²) in [6, 6.07) is 6.82. The molecule has 1 heterocycles. The molecule has 1 fully saturated rings. The molecule has 0 saturated carbocycles. The highest BCUT2D eigenvalue weighted by molar-refractivity contribution is 7.87. The SMILES string of the molecule is Cc1ccc(C#N)c(N2CC(S(=O)(=O)F)CC2=O)c1. The number of benzene rings is 1. The van der Waals surface area contributed by atoms with Crippen LogP contribution in [0.3, 0.4) is 0 Å². The van der Waals surface area contributed by atoms with Crippen LogP contribution in [0.2, 0.25) is 0 Å². The summed E-state index contributed by atoms with van der Waals surface area (Å²) < 4.78 is 34.7. The van der Waals surface area contributed by atoms with E-state index in [0.29, 0.717) is 5.69 Å². The van der Waals surface area contributed by atoms with Crippen LogP contribution < -0.4 is 4.90 Å². The summed E-state index contributed by atoms with van der Waals surface area (Å²) in [4.78, 5) is 13.0. The Bertz CT molecular complexity index is 679. The number of rotatable bonds is 2. The van der Waals surface area contributed by atoms with Crippen LogP contribution in [0.25, 0.3) is 0 Å². The molecule has 1 aliphatic heterocycles. The second kappa shape index (κ2) is 4.63. The topological polar surface area (TPSA) is 78.2 Å². The van der Waals surface area contributed by atoms with E-state index in [9.17, 15) is 17.1 Å². The summed E-state index contributed by atoms with van der Waals surface area (Å²) >= 11 is 0. The molecule has 5 nitrogen and oxygen atoms in total. The van der Waals surface area contributed by atoms with E-state index in [1.54, 1.807) is 25.1 Å². The third-order valence-electron chi connectivity index (χ3n) is 3.05. The van der Waals surface area contributed by atoms with Crippen LogP contribution in [0, 0.1) is 18.3 Å². The number of hydrogen-bond donors (Lipinski definition) is 0. The maximum atomic E-state index is 12.9. The van der Waals surface area contributed by atoms with Gasteiger partial charge >= 0.3 is 10.2 Å². The monoisotopic (exact) mass is 282 g/mol. The second-order valence-electron chi connectivity index (χ2n) is 4.44. The molecule has 2 rings (SSSR count). The van der Waals surface area contributed by atoms with Crippen LogP contribution >= 0.6 is 0 Å². The fourth-order valence-electron chi connectivity index (χ4n) is 2.06. The predicted molar refractivity (Wildman–Crippen MR) is 66.7 cm³/mol. The van der Waals surface area contributed by atoms with Gasteiger partial charge in [-0.2, -0.15) is 13.7 Å². The zero-order valence-electron chi connectivity index (χ0n) is 10.1. The van der Waals surface area contributed by atoms with Gasteiger partial charge in [-0.25, -0.2) is 0 Å². The zero-order chi connectivity index (χ0) is 14.2. The molecule has 0 bridgehead atoms. The van der Waals surface area contributed by atoms with Crippen molar-refractivity contribution >= 4 is 21.8 Å². The Kier molecular flexibility index (Phi) is 3.28. The smallest absolute Gasteiger partial charge is 0.307 e. The molecule has 1 amide bonds. The number of nitrogens with zero attached hydrogens (tertiary/aromatic N) is 2. The van der Waals surface area contributed by atoms with Crippen molar-refractivity contribution in [3.8, 4) is 6.07 Å². The zero-order valence-corrected chi connectivity index (χ0v) is 10.9. The van der Waals surface area contributed by atoms with E-state index < -0.39 is 27.8 Å². The summed E-state index contributed by atoms with van der Waals surface area (Å²) in [5, 5.41) is 7.65. The highest BCUT2D eigenvalue weighted by Crippen LogP contribution is 2.29. The van der Waals surface area contributed by atoms with Crippen LogP contribution in [0.15, 0.2) is 18.2 Å². The standard InChI is InChI=1S/C12H11FN2O3S/c1-8-2-3-9(6-14)11(4-8)15-7-10(5-12(15)16)19(13,17)18/h2-4,10H,5,7H2,1H3. The van der Waals surface area contributed by atoms with E-state index in [1.165, 1.54) is 0 Å². The van der Waals surface area contributed by atoms with Crippen molar-refractivity contribution in [1.29, 1.82) is 5.26 Å². The number of halogens is 1. The lowest BCUT2D eigenvalue weighted by Gasteiger charge is -2.18. The highest BCUT2D eigenvalue weighted by Gasteiger charge is 2.39. The van der Waals surface area contributed by atoms with Crippen molar-refractivity contribution in [3.63, 3.8) is 0 Å². The number of aryl methyl sites for hydroxylation is 1. The van der Waals surface area contributed by atoms with Crippen molar-refractivity contribution in [2.45, 2.75) is 18.6 Å². The molecular weight excluding hydrogens is 271 g/mol. The molecule has 1 saturated heterocycles. The molecule has 19 heavy (non-hydrogen) atoms. The number of anilines is 1. The normalized spacial score (nSPS) is 19.5. The molecule has 1 aromatic rings. The van der Waals surface area contributed by atoms with E-state index in [0.717, 1.165) is 10.5 Å². The molecule has 7 heteroatoms. The first-order valence-electron chi connectivity index (χ1n) is 5.57. The van der Waals surface area contributed by atoms with Gasteiger partial charge in [0.25, 0.3) is 0 Å². The molecule has 100 valence electrons. The summed E-state index contributed by atoms with van der Waals surface area (Å²) in [6.45, 7) is 1.53. The summed E-state index contributed by atoms with van der Waals surface area (Å²) in [5.41, 5.74) is 1.42. The predicted octanol–water partition coefficient (Wildman–Crippen LogP) is 1.27. The minimum absolute atomic E-state index is 0.254. The Hall–Kier alpha value is -1.94. The molecule has 0 radical (unpaired) electrons. The molecule has 0 aliphatic carbocycles. The third-order valence-corrected chi connectivity index (χ3v) is 4.16. The van der Waals surface area contributed by atoms with Crippen molar-refractivity contribution in [1.82, 2.24) is 0 Å². The van der Waals surface area contributed by atoms with Gasteiger partial charge < -0.3 is 4.90 Å². The maximum absolute atomic E-state index is 12.9. The van der Waals surface area contributed by atoms with Gasteiger partial charge in [0.2, 0.25) is 5.91 Å². The average molecular weight is 282 g/mol. The Labute approximate surface area is 110 Å². The first-order valence-corrected chi connectivity index (χ1v) is 7.02. The molecular formula is C12H11FN2O3S. The number of nitriles is 1. The fourth-order valence-corrected chi connectivity index (χ4v) is 2.72. The molecule has 1 aromatic carbocycles. The molecule has 0 aromatic heterocycles. The van der Waals surface area contributed by atoms with Gasteiger partial charge in [0.05, 0.1) is 11.3 Å². The summed E-state index contributed by atoms with van der Waals surface area (Å²) in [7, 11) is -4.75. The summed E-state index contributed by atoms with van der Waals surface area (Å²) in [5.74, 6) is -0.492. The van der Waals surface area contributed by atoms with Crippen LogP contribution in [0.1, 0.15) is 17.5 Å². The second-order valence-corrected chi connectivity index (χ2v) is 6.06. The largest absolute Gasteiger partial charge is 0.310 e. The Morgan fingerprint density at radius 2 is 2.16 bits per heavy atom. The molecule has 0 N–H and O–H groups in total. The van der Waals surface area contributed by atoms with Gasteiger partial charge in [-0.05, 0) is 24.6 Å². The summed E-state index contributed by atoms with van der Waals surface area (Å²) in [6.07, 6.45) is -0.391. The third kappa shape index (κ3) is 2.58. The van der Waals surface area contributed by atoms with Gasteiger partial charge in [-0.1, -0.05) is 6.07 Å². The number of hydrogen-bond acceptors (Lipinski definition) is 4. The van der Waals surface area contributed by atoms with Crippen LogP contribution in [-0.2, 0) is 15.0 Å². The van der Waals surface area contributed by atoms with Crippen molar-refractivity contribution < 1.29 is 17.1 Å². The van der Waals surface area contributed by atoms with E-state index in [4.69, 9.17) is 5.26 Å². The molecule has 1 aliphatic rings. The van der Waals surface area contributed by atoms with E-state index >= 15 is 0 Å². The minimum Gasteiger partial charge on any atom is -0.310 e. The first kappa shape index (κ1) is 13.5. The van der Waals surface area contributed by atoms with Crippen molar-refractivity contribution in [3.05, 3.63) is 29.3 Å². The first-order chi connectivity index (χ1) is 8.82. The number of amides is 1. The minimum atomic E-state index is -4.75. The van der Waals surface area contributed by atoms with E-state index in [1.807, 2.05) is 6.07 Å². The van der Waals surface area contributed by atoms with Gasteiger partial charge in [0, 0.05) is 13.0 Å². The molecule has 1 unspecified atom stereocenters. The quantitative estimate of drug-likeness (QED) is 0.765.